The van der Waals surface area contributed by atoms with Crippen LogP contribution in [0, 0.1) is 0 Å². The van der Waals surface area contributed by atoms with Crippen LogP contribution in [0.5, 0.6) is 0 Å². The molecule has 0 aliphatic rings. The minimum absolute atomic E-state index is 0.109. The molecule has 0 radical (unpaired) electrons. The highest BCUT2D eigenvalue weighted by molar-refractivity contribution is 5.57. The van der Waals surface area contributed by atoms with E-state index in [1.165, 1.54) is 0 Å². The molecule has 0 bridgehead atoms. The summed E-state index contributed by atoms with van der Waals surface area (Å²) in [4.78, 5) is 14.5. The molecule has 0 aliphatic heterocycles. The summed E-state index contributed by atoms with van der Waals surface area (Å²) in [5.74, 6) is 5.69. The minimum atomic E-state index is -0.487. The molecule has 1 aromatic carbocycles. The lowest BCUT2D eigenvalue weighted by atomic mass is 10.2. The predicted octanol–water partition coefficient (Wildman–Crippen LogP) is 0.829. The van der Waals surface area contributed by atoms with Crippen molar-refractivity contribution in [1.29, 1.82) is 0 Å². The molecule has 0 atom stereocenters. The van der Waals surface area contributed by atoms with Gasteiger partial charge < -0.3 is 5.84 Å². The van der Waals surface area contributed by atoms with E-state index in [0.717, 1.165) is 4.68 Å². The van der Waals surface area contributed by atoms with Crippen molar-refractivity contribution >= 4 is 0 Å². The van der Waals surface area contributed by atoms with E-state index in [1.807, 2.05) is 6.07 Å². The second-order valence-corrected chi connectivity index (χ2v) is 3.39. The second kappa shape index (κ2) is 4.98. The maximum atomic E-state index is 12.0. The molecular weight excluding hydrogens is 234 g/mol. The number of nitrogens with two attached hydrogens (primary N) is 1. The smallest absolute Gasteiger partial charge is 0.298 e. The number of nitrogens with zero attached hydrogens (tertiary/aromatic N) is 6. The predicted molar refractivity (Wildman–Crippen MR) is 64.7 cm³/mol. The average Bonchev–Trinajstić information content (AvgIpc) is 2.41. The fourth-order valence-electron chi connectivity index (χ4n) is 1.41. The normalized spacial score (nSPS) is 9.78. The molecule has 0 fully saturated rings. The Bertz CT molecular complexity index is 658. The summed E-state index contributed by atoms with van der Waals surface area (Å²) in [5.41, 5.74) is 8.50. The first-order valence-corrected chi connectivity index (χ1v) is 5.04. The summed E-state index contributed by atoms with van der Waals surface area (Å²) in [7, 11) is 0. The molecule has 0 saturated carbocycles. The van der Waals surface area contributed by atoms with E-state index in [9.17, 15) is 4.79 Å². The maximum Gasteiger partial charge on any atom is 0.298 e. The third-order valence-corrected chi connectivity index (χ3v) is 2.29. The molecule has 0 aliphatic carbocycles. The zero-order valence-corrected chi connectivity index (χ0v) is 9.26. The summed E-state index contributed by atoms with van der Waals surface area (Å²) in [6, 6.07) is 8.86. The van der Waals surface area contributed by atoms with E-state index < -0.39 is 5.56 Å². The van der Waals surface area contributed by atoms with Crippen LogP contribution in [0.1, 0.15) is 5.82 Å². The Hall–Kier alpha value is -2.86. The van der Waals surface area contributed by atoms with Crippen molar-refractivity contribution in [1.82, 2.24) is 14.9 Å². The average molecular weight is 243 g/mol. The van der Waals surface area contributed by atoms with Gasteiger partial charge in [0, 0.05) is 10.5 Å². The van der Waals surface area contributed by atoms with Crippen LogP contribution in [0.3, 0.4) is 0 Å². The van der Waals surface area contributed by atoms with E-state index in [1.54, 1.807) is 24.3 Å². The minimum Gasteiger partial charge on any atom is -0.335 e. The van der Waals surface area contributed by atoms with Crippen LogP contribution >= 0.6 is 0 Å². The SMILES string of the molecule is [N-]=[N+]=NCc1nnc(-c2ccccc2)c(=O)n1N. The molecule has 1 heterocycles. The van der Waals surface area contributed by atoms with Crippen LogP contribution in [-0.4, -0.2) is 14.9 Å². The van der Waals surface area contributed by atoms with Crippen LogP contribution in [0.15, 0.2) is 40.2 Å². The summed E-state index contributed by atoms with van der Waals surface area (Å²) in [5, 5.41) is 10.9. The van der Waals surface area contributed by atoms with Crippen LogP contribution < -0.4 is 11.4 Å². The van der Waals surface area contributed by atoms with E-state index in [-0.39, 0.29) is 18.1 Å². The molecule has 8 nitrogen and oxygen atoms in total. The van der Waals surface area contributed by atoms with Gasteiger partial charge in [0.2, 0.25) is 0 Å². The lowest BCUT2D eigenvalue weighted by molar-refractivity contribution is 0.722. The molecule has 2 N–H and O–H groups in total. The van der Waals surface area contributed by atoms with Crippen LogP contribution in [0.4, 0.5) is 0 Å². The van der Waals surface area contributed by atoms with Gasteiger partial charge in [-0.15, -0.1) is 10.2 Å². The Labute approximate surface area is 101 Å². The van der Waals surface area contributed by atoms with Gasteiger partial charge in [-0.05, 0) is 5.53 Å². The molecular formula is C10H9N7O. The highest BCUT2D eigenvalue weighted by Gasteiger charge is 2.10. The number of hydrogen-bond donors (Lipinski definition) is 1. The number of azide groups is 1. The Balaban J connectivity index is 2.51. The molecule has 0 spiro atoms. The van der Waals surface area contributed by atoms with Crippen LogP contribution in [0.25, 0.3) is 21.7 Å². The summed E-state index contributed by atoms with van der Waals surface area (Å²) in [6.45, 7) is -0.121. The quantitative estimate of drug-likeness (QED) is 0.371. The van der Waals surface area contributed by atoms with Gasteiger partial charge in [0.15, 0.2) is 11.5 Å². The zero-order valence-electron chi connectivity index (χ0n) is 9.26. The third kappa shape index (κ3) is 2.13. The first-order valence-electron chi connectivity index (χ1n) is 5.04. The number of aromatic nitrogens is 3. The van der Waals surface area contributed by atoms with Crippen molar-refractivity contribution in [3.8, 4) is 11.3 Å². The summed E-state index contributed by atoms with van der Waals surface area (Å²) < 4.78 is 0.837. The molecule has 2 rings (SSSR count). The standard InChI is InChI=1S/C10H9N7O/c11-16-13-6-8-14-15-9(10(18)17(8)12)7-4-2-1-3-5-7/h1-5H,6,12H2. The Morgan fingerprint density at radius 3 is 2.72 bits per heavy atom. The second-order valence-electron chi connectivity index (χ2n) is 3.39. The Kier molecular flexibility index (Phi) is 3.22. The Morgan fingerprint density at radius 2 is 2.06 bits per heavy atom. The lowest BCUT2D eigenvalue weighted by Crippen LogP contribution is -2.33. The largest absolute Gasteiger partial charge is 0.335 e. The molecule has 8 heteroatoms. The van der Waals surface area contributed by atoms with Gasteiger partial charge in [0.1, 0.15) is 0 Å². The third-order valence-electron chi connectivity index (χ3n) is 2.29. The van der Waals surface area contributed by atoms with Crippen molar-refractivity contribution in [3.05, 3.63) is 57.0 Å². The van der Waals surface area contributed by atoms with Gasteiger partial charge in [-0.3, -0.25) is 4.79 Å². The zero-order chi connectivity index (χ0) is 13.0. The number of nitrogen functional groups attached to an aromatic ring is 1. The first-order chi connectivity index (χ1) is 8.74. The maximum absolute atomic E-state index is 12.0. The summed E-state index contributed by atoms with van der Waals surface area (Å²) in [6.07, 6.45) is 0. The van der Waals surface area contributed by atoms with Crippen molar-refractivity contribution in [2.45, 2.75) is 6.54 Å². The van der Waals surface area contributed by atoms with Gasteiger partial charge in [0.05, 0.1) is 6.54 Å². The summed E-state index contributed by atoms with van der Waals surface area (Å²) >= 11 is 0. The first kappa shape index (κ1) is 11.6. The molecule has 0 unspecified atom stereocenters. The Morgan fingerprint density at radius 1 is 1.33 bits per heavy atom. The van der Waals surface area contributed by atoms with E-state index in [0.29, 0.717) is 5.56 Å². The van der Waals surface area contributed by atoms with Gasteiger partial charge in [0.25, 0.3) is 5.56 Å². The van der Waals surface area contributed by atoms with E-state index >= 15 is 0 Å². The number of benzene rings is 1. The van der Waals surface area contributed by atoms with Gasteiger partial charge in [-0.2, -0.15) is 0 Å². The molecule has 90 valence electrons. The molecule has 0 saturated heterocycles. The van der Waals surface area contributed by atoms with Gasteiger partial charge in [-0.1, -0.05) is 35.4 Å². The molecule has 0 amide bonds. The number of rotatable bonds is 3. The van der Waals surface area contributed by atoms with E-state index in [4.69, 9.17) is 11.4 Å². The monoisotopic (exact) mass is 243 g/mol. The van der Waals surface area contributed by atoms with Crippen molar-refractivity contribution in [2.75, 3.05) is 5.84 Å². The van der Waals surface area contributed by atoms with Crippen LogP contribution in [-0.2, 0) is 6.54 Å². The van der Waals surface area contributed by atoms with Crippen molar-refractivity contribution < 1.29 is 0 Å². The fraction of sp³-hybridized carbons (Fsp3) is 0.100. The van der Waals surface area contributed by atoms with Crippen LogP contribution in [0.2, 0.25) is 0 Å². The topological polar surface area (TPSA) is 123 Å². The lowest BCUT2D eigenvalue weighted by Gasteiger charge is -2.05. The molecule has 18 heavy (non-hydrogen) atoms. The molecule has 2 aromatic rings. The van der Waals surface area contributed by atoms with Crippen molar-refractivity contribution in [3.63, 3.8) is 0 Å². The van der Waals surface area contributed by atoms with Gasteiger partial charge in [-0.25, -0.2) is 4.68 Å². The molecule has 1 aromatic heterocycles. The van der Waals surface area contributed by atoms with Crippen molar-refractivity contribution in [2.24, 2.45) is 5.11 Å². The number of hydrogen-bond acceptors (Lipinski definition) is 5. The highest BCUT2D eigenvalue weighted by atomic mass is 16.1. The highest BCUT2D eigenvalue weighted by Crippen LogP contribution is 2.10. The van der Waals surface area contributed by atoms with Gasteiger partial charge >= 0.3 is 0 Å². The van der Waals surface area contributed by atoms with E-state index in [2.05, 4.69) is 20.2 Å². The fourth-order valence-corrected chi connectivity index (χ4v) is 1.41.